The molecule has 0 aliphatic heterocycles. The van der Waals surface area contributed by atoms with Crippen LogP contribution in [0.15, 0.2) is 90.2 Å². The minimum absolute atomic E-state index is 0.136. The third kappa shape index (κ3) is 4.15. The van der Waals surface area contributed by atoms with Crippen molar-refractivity contribution in [2.24, 2.45) is 0 Å². The predicted molar refractivity (Wildman–Crippen MR) is 110 cm³/mol. The Morgan fingerprint density at radius 2 is 1.78 bits per heavy atom. The number of hydrogen-bond donors (Lipinski definition) is 1. The molecule has 4 aromatic rings. The Balaban J connectivity index is 1.50. The van der Waals surface area contributed by atoms with Gasteiger partial charge in [0.15, 0.2) is 0 Å². The van der Waals surface area contributed by atoms with Crippen LogP contribution in [-0.2, 0) is 5.75 Å². The predicted octanol–water partition coefficient (Wildman–Crippen LogP) is 5.17. The van der Waals surface area contributed by atoms with Gasteiger partial charge in [0, 0.05) is 34.8 Å². The lowest BCUT2D eigenvalue weighted by Gasteiger charge is -2.09. The number of anilines is 1. The van der Waals surface area contributed by atoms with Crippen LogP contribution in [0.4, 0.5) is 5.69 Å². The fourth-order valence-corrected chi connectivity index (χ4v) is 3.63. The van der Waals surface area contributed by atoms with E-state index >= 15 is 0 Å². The average molecular weight is 371 g/mol. The van der Waals surface area contributed by atoms with Crippen molar-refractivity contribution in [1.29, 1.82) is 0 Å². The van der Waals surface area contributed by atoms with Crippen molar-refractivity contribution in [3.8, 4) is 0 Å². The third-order valence-electron chi connectivity index (χ3n) is 4.10. The van der Waals surface area contributed by atoms with Crippen LogP contribution in [-0.4, -0.2) is 15.9 Å². The van der Waals surface area contributed by atoms with Crippen LogP contribution in [0.25, 0.3) is 10.9 Å². The van der Waals surface area contributed by atoms with E-state index < -0.39 is 0 Å². The maximum Gasteiger partial charge on any atom is 0.256 e. The van der Waals surface area contributed by atoms with E-state index in [0.717, 1.165) is 32.9 Å². The standard InChI is InChI=1S/C22H17N3OS/c26-22(19-8-4-10-20-18(19)9-5-13-23-20)25-17-7-3-6-16(14-17)15-27-21-11-1-2-12-24-21/h1-14H,15H2,(H,25,26). The van der Waals surface area contributed by atoms with Crippen molar-refractivity contribution < 1.29 is 4.79 Å². The topological polar surface area (TPSA) is 54.9 Å². The van der Waals surface area contributed by atoms with Gasteiger partial charge in [-0.15, -0.1) is 11.8 Å². The fraction of sp³-hybridized carbons (Fsp3) is 0.0455. The van der Waals surface area contributed by atoms with Gasteiger partial charge in [-0.2, -0.15) is 0 Å². The highest BCUT2D eigenvalue weighted by molar-refractivity contribution is 7.98. The number of amides is 1. The number of thioether (sulfide) groups is 1. The molecule has 0 saturated heterocycles. The van der Waals surface area contributed by atoms with Gasteiger partial charge in [0.1, 0.15) is 0 Å². The zero-order valence-corrected chi connectivity index (χ0v) is 15.3. The first-order valence-corrected chi connectivity index (χ1v) is 9.56. The van der Waals surface area contributed by atoms with Crippen molar-refractivity contribution in [2.45, 2.75) is 10.8 Å². The van der Waals surface area contributed by atoms with Gasteiger partial charge >= 0.3 is 0 Å². The van der Waals surface area contributed by atoms with Crippen molar-refractivity contribution in [2.75, 3.05) is 5.32 Å². The number of nitrogens with one attached hydrogen (secondary N) is 1. The first-order valence-electron chi connectivity index (χ1n) is 8.57. The molecule has 27 heavy (non-hydrogen) atoms. The Morgan fingerprint density at radius 1 is 0.889 bits per heavy atom. The van der Waals surface area contributed by atoms with E-state index in [1.165, 1.54) is 0 Å². The molecule has 4 rings (SSSR count). The van der Waals surface area contributed by atoms with Gasteiger partial charge in [0.05, 0.1) is 10.5 Å². The first-order chi connectivity index (χ1) is 13.3. The molecule has 132 valence electrons. The highest BCUT2D eigenvalue weighted by atomic mass is 32.2. The Bertz CT molecular complexity index is 1080. The van der Waals surface area contributed by atoms with E-state index in [2.05, 4.69) is 15.3 Å². The van der Waals surface area contributed by atoms with Crippen molar-refractivity contribution >= 4 is 34.3 Å². The molecule has 0 saturated carbocycles. The number of hydrogen-bond acceptors (Lipinski definition) is 4. The second kappa shape index (κ2) is 8.01. The summed E-state index contributed by atoms with van der Waals surface area (Å²) in [4.78, 5) is 21.4. The smallest absolute Gasteiger partial charge is 0.256 e. The maximum absolute atomic E-state index is 12.8. The summed E-state index contributed by atoms with van der Waals surface area (Å²) in [6.45, 7) is 0. The molecule has 2 aromatic heterocycles. The molecule has 1 amide bonds. The van der Waals surface area contributed by atoms with E-state index in [1.807, 2.05) is 72.8 Å². The van der Waals surface area contributed by atoms with Crippen LogP contribution in [0.3, 0.4) is 0 Å². The van der Waals surface area contributed by atoms with Gasteiger partial charge in [-0.05, 0) is 48.0 Å². The molecule has 1 N–H and O–H groups in total. The molecular formula is C22H17N3OS. The molecule has 0 unspecified atom stereocenters. The summed E-state index contributed by atoms with van der Waals surface area (Å²) in [7, 11) is 0. The van der Waals surface area contributed by atoms with E-state index in [-0.39, 0.29) is 5.91 Å². The number of carbonyl (C=O) groups is 1. The summed E-state index contributed by atoms with van der Waals surface area (Å²) in [6.07, 6.45) is 3.52. The molecule has 4 nitrogen and oxygen atoms in total. The molecule has 0 aliphatic rings. The van der Waals surface area contributed by atoms with Crippen molar-refractivity contribution in [1.82, 2.24) is 9.97 Å². The first kappa shape index (κ1) is 17.2. The van der Waals surface area contributed by atoms with E-state index in [4.69, 9.17) is 0 Å². The number of benzene rings is 2. The SMILES string of the molecule is O=C(Nc1cccc(CSc2ccccn2)c1)c1cccc2ncccc12. The Kier molecular flexibility index (Phi) is 5.12. The minimum atomic E-state index is -0.136. The molecule has 5 heteroatoms. The van der Waals surface area contributed by atoms with Gasteiger partial charge in [-0.25, -0.2) is 4.98 Å². The zero-order valence-electron chi connectivity index (χ0n) is 14.5. The second-order valence-corrected chi connectivity index (χ2v) is 6.98. The van der Waals surface area contributed by atoms with E-state index in [9.17, 15) is 4.79 Å². The number of rotatable bonds is 5. The van der Waals surface area contributed by atoms with Crippen LogP contribution in [0.5, 0.6) is 0 Å². The fourth-order valence-electron chi connectivity index (χ4n) is 2.83. The normalized spacial score (nSPS) is 10.7. The molecular weight excluding hydrogens is 354 g/mol. The number of aromatic nitrogens is 2. The Hall–Kier alpha value is -3.18. The van der Waals surface area contributed by atoms with Gasteiger partial charge in [-0.3, -0.25) is 9.78 Å². The third-order valence-corrected chi connectivity index (χ3v) is 5.11. The molecule has 0 aliphatic carbocycles. The molecule has 2 heterocycles. The largest absolute Gasteiger partial charge is 0.322 e. The number of nitrogens with zero attached hydrogens (tertiary/aromatic N) is 2. The lowest BCUT2D eigenvalue weighted by Crippen LogP contribution is -2.12. The maximum atomic E-state index is 12.8. The summed E-state index contributed by atoms with van der Waals surface area (Å²) in [5.41, 5.74) is 3.34. The number of pyridine rings is 2. The summed E-state index contributed by atoms with van der Waals surface area (Å²) in [6, 6.07) is 23.1. The molecule has 0 fully saturated rings. The van der Waals surface area contributed by atoms with E-state index in [0.29, 0.717) is 5.56 Å². The quantitative estimate of drug-likeness (QED) is 0.492. The van der Waals surface area contributed by atoms with E-state index in [1.54, 1.807) is 24.2 Å². The molecule has 2 aromatic carbocycles. The van der Waals surface area contributed by atoms with Crippen LogP contribution in [0.1, 0.15) is 15.9 Å². The average Bonchev–Trinajstić information content (AvgIpc) is 2.73. The number of carbonyl (C=O) groups excluding carboxylic acids is 1. The van der Waals surface area contributed by atoms with Gasteiger partial charge in [0.2, 0.25) is 0 Å². The molecule has 0 radical (unpaired) electrons. The van der Waals surface area contributed by atoms with Gasteiger partial charge in [0.25, 0.3) is 5.91 Å². The molecule has 0 bridgehead atoms. The molecule has 0 spiro atoms. The highest BCUT2D eigenvalue weighted by Gasteiger charge is 2.10. The van der Waals surface area contributed by atoms with Crippen LogP contribution >= 0.6 is 11.8 Å². The molecule has 0 atom stereocenters. The Labute approximate surface area is 161 Å². The van der Waals surface area contributed by atoms with Crippen LogP contribution in [0, 0.1) is 0 Å². The lowest BCUT2D eigenvalue weighted by atomic mass is 10.1. The zero-order chi connectivity index (χ0) is 18.5. The summed E-state index contributed by atoms with van der Waals surface area (Å²) in [5, 5.41) is 4.83. The van der Waals surface area contributed by atoms with Gasteiger partial charge < -0.3 is 5.32 Å². The Morgan fingerprint density at radius 3 is 2.67 bits per heavy atom. The monoisotopic (exact) mass is 371 g/mol. The lowest BCUT2D eigenvalue weighted by molar-refractivity contribution is 0.102. The van der Waals surface area contributed by atoms with Gasteiger partial charge in [-0.1, -0.05) is 30.3 Å². The van der Waals surface area contributed by atoms with Crippen molar-refractivity contribution in [3.05, 3.63) is 96.3 Å². The summed E-state index contributed by atoms with van der Waals surface area (Å²) in [5.74, 6) is 0.655. The summed E-state index contributed by atoms with van der Waals surface area (Å²) < 4.78 is 0. The second-order valence-electron chi connectivity index (χ2n) is 5.99. The highest BCUT2D eigenvalue weighted by Crippen LogP contribution is 2.23. The van der Waals surface area contributed by atoms with Crippen molar-refractivity contribution in [3.63, 3.8) is 0 Å². The minimum Gasteiger partial charge on any atom is -0.322 e. The summed E-state index contributed by atoms with van der Waals surface area (Å²) >= 11 is 1.67. The van der Waals surface area contributed by atoms with Crippen LogP contribution in [0.2, 0.25) is 0 Å². The number of fused-ring (bicyclic) bond motifs is 1. The van der Waals surface area contributed by atoms with Crippen LogP contribution < -0.4 is 5.32 Å².